The fourth-order valence-electron chi connectivity index (χ4n) is 2.85. The highest BCUT2D eigenvalue weighted by atomic mass is 16.2. The van der Waals surface area contributed by atoms with Crippen LogP contribution in [0.3, 0.4) is 0 Å². The molecule has 0 saturated heterocycles. The maximum atomic E-state index is 12.6. The fourth-order valence-corrected chi connectivity index (χ4v) is 2.85. The van der Waals surface area contributed by atoms with Crippen molar-refractivity contribution in [3.05, 3.63) is 71.8 Å². The quantitative estimate of drug-likeness (QED) is 0.843. The molecule has 0 bridgehead atoms. The Morgan fingerprint density at radius 1 is 1.05 bits per heavy atom. The van der Waals surface area contributed by atoms with Gasteiger partial charge in [-0.1, -0.05) is 62.4 Å². The molecule has 1 amide bonds. The van der Waals surface area contributed by atoms with Crippen molar-refractivity contribution in [1.82, 2.24) is 5.01 Å². The number of benzene rings is 2. The zero-order valence-electron chi connectivity index (χ0n) is 12.9. The Morgan fingerprint density at radius 2 is 1.64 bits per heavy atom. The van der Waals surface area contributed by atoms with E-state index in [1.54, 1.807) is 5.01 Å². The van der Waals surface area contributed by atoms with Crippen LogP contribution in [0, 0.1) is 5.92 Å². The zero-order valence-corrected chi connectivity index (χ0v) is 12.9. The summed E-state index contributed by atoms with van der Waals surface area (Å²) in [5, 5.41) is 6.24. The van der Waals surface area contributed by atoms with Crippen molar-refractivity contribution >= 4 is 11.6 Å². The van der Waals surface area contributed by atoms with Crippen LogP contribution in [-0.4, -0.2) is 23.2 Å². The molecular weight excluding hydrogens is 272 g/mol. The second-order valence-corrected chi connectivity index (χ2v) is 5.90. The van der Waals surface area contributed by atoms with Gasteiger partial charge in [0.05, 0.1) is 12.3 Å². The average molecular weight is 292 g/mol. The van der Waals surface area contributed by atoms with E-state index >= 15 is 0 Å². The van der Waals surface area contributed by atoms with Gasteiger partial charge in [0.25, 0.3) is 5.91 Å². The molecule has 0 radical (unpaired) electrons. The van der Waals surface area contributed by atoms with Crippen molar-refractivity contribution in [3.63, 3.8) is 0 Å². The summed E-state index contributed by atoms with van der Waals surface area (Å²) >= 11 is 0. The van der Waals surface area contributed by atoms with Gasteiger partial charge in [-0.25, -0.2) is 5.01 Å². The molecule has 3 nitrogen and oxygen atoms in total. The minimum Gasteiger partial charge on any atom is -0.267 e. The Hall–Kier alpha value is -2.42. The largest absolute Gasteiger partial charge is 0.273 e. The van der Waals surface area contributed by atoms with E-state index in [9.17, 15) is 4.79 Å². The molecule has 1 unspecified atom stereocenters. The van der Waals surface area contributed by atoms with Crippen LogP contribution in [0.2, 0.25) is 0 Å². The minimum atomic E-state index is -0.0304. The third-order valence-corrected chi connectivity index (χ3v) is 4.00. The number of hydrogen-bond donors (Lipinski definition) is 0. The molecule has 3 rings (SSSR count). The first-order valence-electron chi connectivity index (χ1n) is 7.67. The maximum absolute atomic E-state index is 12.6. The summed E-state index contributed by atoms with van der Waals surface area (Å²) in [4.78, 5) is 12.6. The fraction of sp³-hybridized carbons (Fsp3) is 0.263. The molecular formula is C19H20N2O. The van der Waals surface area contributed by atoms with Crippen LogP contribution in [0.1, 0.15) is 35.7 Å². The van der Waals surface area contributed by atoms with E-state index in [2.05, 4.69) is 31.1 Å². The molecule has 22 heavy (non-hydrogen) atoms. The third kappa shape index (κ3) is 2.80. The van der Waals surface area contributed by atoms with E-state index in [0.717, 1.165) is 5.71 Å². The first-order chi connectivity index (χ1) is 10.7. The van der Waals surface area contributed by atoms with Crippen molar-refractivity contribution in [2.75, 3.05) is 6.54 Å². The minimum absolute atomic E-state index is 0.0304. The Labute approximate surface area is 131 Å². The van der Waals surface area contributed by atoms with Crippen molar-refractivity contribution in [2.45, 2.75) is 19.8 Å². The van der Waals surface area contributed by atoms with E-state index in [1.165, 1.54) is 5.56 Å². The molecule has 1 aliphatic rings. The SMILES string of the molecule is CC(C)C1=NN(C(=O)c2ccccc2)CC1c1ccccc1. The van der Waals surface area contributed by atoms with Crippen molar-refractivity contribution in [2.24, 2.45) is 11.0 Å². The van der Waals surface area contributed by atoms with Gasteiger partial charge in [-0.2, -0.15) is 5.10 Å². The predicted octanol–water partition coefficient (Wildman–Crippen LogP) is 3.94. The number of hydrazone groups is 1. The van der Waals surface area contributed by atoms with Gasteiger partial charge in [-0.3, -0.25) is 4.79 Å². The summed E-state index contributed by atoms with van der Waals surface area (Å²) in [7, 11) is 0. The third-order valence-electron chi connectivity index (χ3n) is 4.00. The Morgan fingerprint density at radius 3 is 2.23 bits per heavy atom. The summed E-state index contributed by atoms with van der Waals surface area (Å²) in [5.41, 5.74) is 2.98. The zero-order chi connectivity index (χ0) is 15.5. The molecule has 0 N–H and O–H groups in total. The molecule has 0 aliphatic carbocycles. The van der Waals surface area contributed by atoms with E-state index in [0.29, 0.717) is 18.0 Å². The van der Waals surface area contributed by atoms with Gasteiger partial charge < -0.3 is 0 Å². The van der Waals surface area contributed by atoms with E-state index < -0.39 is 0 Å². The van der Waals surface area contributed by atoms with Gasteiger partial charge in [0.1, 0.15) is 0 Å². The molecule has 0 aromatic heterocycles. The van der Waals surface area contributed by atoms with Crippen LogP contribution in [0.5, 0.6) is 0 Å². The van der Waals surface area contributed by atoms with Crippen LogP contribution in [0.4, 0.5) is 0 Å². The average Bonchev–Trinajstić information content (AvgIpc) is 3.01. The maximum Gasteiger partial charge on any atom is 0.273 e. The normalized spacial score (nSPS) is 17.7. The number of nitrogens with zero attached hydrogens (tertiary/aromatic N) is 2. The number of amides is 1. The highest BCUT2D eigenvalue weighted by Crippen LogP contribution is 2.29. The van der Waals surface area contributed by atoms with Crippen LogP contribution >= 0.6 is 0 Å². The monoisotopic (exact) mass is 292 g/mol. The molecule has 1 heterocycles. The van der Waals surface area contributed by atoms with Gasteiger partial charge in [0.15, 0.2) is 0 Å². The van der Waals surface area contributed by atoms with E-state index in [4.69, 9.17) is 0 Å². The molecule has 112 valence electrons. The molecule has 3 heteroatoms. The van der Waals surface area contributed by atoms with E-state index in [-0.39, 0.29) is 11.8 Å². The van der Waals surface area contributed by atoms with Gasteiger partial charge in [0, 0.05) is 11.5 Å². The van der Waals surface area contributed by atoms with Gasteiger partial charge >= 0.3 is 0 Å². The van der Waals surface area contributed by atoms with Crippen molar-refractivity contribution in [3.8, 4) is 0 Å². The Balaban J connectivity index is 1.89. The second-order valence-electron chi connectivity index (χ2n) is 5.90. The lowest BCUT2D eigenvalue weighted by Gasteiger charge is -2.16. The number of carbonyl (C=O) groups is 1. The van der Waals surface area contributed by atoms with E-state index in [1.807, 2.05) is 48.5 Å². The lowest BCUT2D eigenvalue weighted by atomic mass is 9.89. The molecule has 1 atom stereocenters. The predicted molar refractivity (Wildman–Crippen MR) is 88.9 cm³/mol. The van der Waals surface area contributed by atoms with Gasteiger partial charge in [-0.05, 0) is 23.6 Å². The summed E-state index contributed by atoms with van der Waals surface area (Å²) in [6.07, 6.45) is 0. The lowest BCUT2D eigenvalue weighted by molar-refractivity contribution is 0.0774. The first kappa shape index (κ1) is 14.5. The summed E-state index contributed by atoms with van der Waals surface area (Å²) in [6.45, 7) is 4.88. The Bertz CT molecular complexity index is 677. The molecule has 2 aromatic carbocycles. The number of carbonyl (C=O) groups excluding carboxylic acids is 1. The summed E-state index contributed by atoms with van der Waals surface area (Å²) in [6, 6.07) is 19.7. The van der Waals surface area contributed by atoms with Crippen molar-refractivity contribution in [1.29, 1.82) is 0 Å². The smallest absolute Gasteiger partial charge is 0.267 e. The molecule has 0 spiro atoms. The highest BCUT2D eigenvalue weighted by molar-refractivity contribution is 6.00. The Kier molecular flexibility index (Phi) is 4.05. The van der Waals surface area contributed by atoms with Crippen LogP contribution in [0.25, 0.3) is 0 Å². The molecule has 1 aliphatic heterocycles. The number of hydrogen-bond acceptors (Lipinski definition) is 2. The van der Waals surface area contributed by atoms with Crippen LogP contribution in [0.15, 0.2) is 65.8 Å². The van der Waals surface area contributed by atoms with Gasteiger partial charge in [0.2, 0.25) is 0 Å². The number of rotatable bonds is 3. The summed E-state index contributed by atoms with van der Waals surface area (Å²) in [5.74, 6) is 0.477. The summed E-state index contributed by atoms with van der Waals surface area (Å²) < 4.78 is 0. The molecule has 0 fully saturated rings. The lowest BCUT2D eigenvalue weighted by Crippen LogP contribution is -2.25. The molecule has 0 saturated carbocycles. The highest BCUT2D eigenvalue weighted by Gasteiger charge is 2.32. The second kappa shape index (κ2) is 6.14. The standard InChI is InChI=1S/C19H20N2O/c1-14(2)18-17(15-9-5-3-6-10-15)13-21(20-18)19(22)16-11-7-4-8-12-16/h3-12,14,17H,13H2,1-2H3. The van der Waals surface area contributed by atoms with Crippen LogP contribution < -0.4 is 0 Å². The van der Waals surface area contributed by atoms with Crippen molar-refractivity contribution < 1.29 is 4.79 Å². The topological polar surface area (TPSA) is 32.7 Å². The first-order valence-corrected chi connectivity index (χ1v) is 7.67. The molecule has 2 aromatic rings. The van der Waals surface area contributed by atoms with Crippen LogP contribution in [-0.2, 0) is 0 Å². The van der Waals surface area contributed by atoms with Gasteiger partial charge in [-0.15, -0.1) is 0 Å².